The molecule has 0 fully saturated rings. The molecule has 0 radical (unpaired) electrons. The van der Waals surface area contributed by atoms with Crippen LogP contribution in [0.5, 0.6) is 0 Å². The Morgan fingerprint density at radius 2 is 1.67 bits per heavy atom. The van der Waals surface area contributed by atoms with Crippen molar-refractivity contribution in [3.8, 4) is 11.1 Å². The number of para-hydroxylation sites is 1. The number of aryl methyl sites for hydroxylation is 1. The van der Waals surface area contributed by atoms with E-state index in [0.717, 1.165) is 33.5 Å². The lowest BCUT2D eigenvalue weighted by Crippen LogP contribution is -2.56. The second-order valence-corrected chi connectivity index (χ2v) is 9.84. The smallest absolute Gasteiger partial charge is 0.249 e. The Morgan fingerprint density at radius 3 is 2.36 bits per heavy atom. The Kier molecular flexibility index (Phi) is 7.22. The number of fused-ring (bicyclic) bond motifs is 1. The molecule has 5 N–H and O–H groups in total. The number of nitrogens with zero attached hydrogens (tertiary/aromatic N) is 1. The number of rotatable bonds is 7. The number of carbonyl (C=O) groups excluding carboxylic acids is 3. The van der Waals surface area contributed by atoms with Crippen LogP contribution in [0.25, 0.3) is 11.1 Å². The zero-order valence-electron chi connectivity index (χ0n) is 20.7. The summed E-state index contributed by atoms with van der Waals surface area (Å²) in [4.78, 5) is 39.4. The maximum absolute atomic E-state index is 13.6. The number of hydrogen-bond acceptors (Lipinski definition) is 4. The molecule has 7 nitrogen and oxygen atoms in total. The van der Waals surface area contributed by atoms with Gasteiger partial charge < -0.3 is 21.7 Å². The largest absolute Gasteiger partial charge is 0.369 e. The van der Waals surface area contributed by atoms with Gasteiger partial charge in [0, 0.05) is 5.69 Å². The first kappa shape index (κ1) is 25.1. The predicted molar refractivity (Wildman–Crippen MR) is 141 cm³/mol. The van der Waals surface area contributed by atoms with E-state index < -0.39 is 11.6 Å². The molecule has 186 valence electrons. The summed E-state index contributed by atoms with van der Waals surface area (Å²) >= 11 is 0. The molecule has 4 rings (SSSR count). The number of hydrogen-bond donors (Lipinski definition) is 3. The first-order valence-electron chi connectivity index (χ1n) is 12.1. The number of anilines is 1. The fourth-order valence-corrected chi connectivity index (χ4v) is 4.47. The van der Waals surface area contributed by atoms with Crippen molar-refractivity contribution < 1.29 is 14.4 Å². The highest BCUT2D eigenvalue weighted by molar-refractivity contribution is 6.01. The van der Waals surface area contributed by atoms with E-state index in [1.807, 2.05) is 72.8 Å². The summed E-state index contributed by atoms with van der Waals surface area (Å²) in [7, 11) is 0. The van der Waals surface area contributed by atoms with Gasteiger partial charge in [-0.1, -0.05) is 66.7 Å². The molecule has 0 aromatic heterocycles. The molecule has 0 aliphatic carbocycles. The van der Waals surface area contributed by atoms with E-state index in [4.69, 9.17) is 11.5 Å². The summed E-state index contributed by atoms with van der Waals surface area (Å²) in [5, 5.41) is 2.86. The predicted octanol–water partition coefficient (Wildman–Crippen LogP) is 3.08. The van der Waals surface area contributed by atoms with E-state index in [1.54, 1.807) is 18.7 Å². The fourth-order valence-electron chi connectivity index (χ4n) is 4.47. The van der Waals surface area contributed by atoms with E-state index in [9.17, 15) is 14.4 Å². The molecule has 36 heavy (non-hydrogen) atoms. The maximum atomic E-state index is 13.6. The van der Waals surface area contributed by atoms with Gasteiger partial charge in [-0.3, -0.25) is 14.4 Å². The van der Waals surface area contributed by atoms with Gasteiger partial charge in [0.05, 0.1) is 18.5 Å². The van der Waals surface area contributed by atoms with Crippen molar-refractivity contribution in [1.29, 1.82) is 0 Å². The first-order chi connectivity index (χ1) is 17.1. The molecule has 1 heterocycles. The quantitative estimate of drug-likeness (QED) is 0.477. The average Bonchev–Trinajstić information content (AvgIpc) is 2.96. The molecule has 3 amide bonds. The number of benzene rings is 3. The third-order valence-corrected chi connectivity index (χ3v) is 6.43. The Morgan fingerprint density at radius 1 is 1.00 bits per heavy atom. The van der Waals surface area contributed by atoms with E-state index in [-0.39, 0.29) is 24.1 Å². The fraction of sp³-hybridized carbons (Fsp3) is 0.276. The van der Waals surface area contributed by atoms with Gasteiger partial charge in [0.2, 0.25) is 17.7 Å². The zero-order chi connectivity index (χ0) is 25.9. The highest BCUT2D eigenvalue weighted by Gasteiger charge is 2.34. The third-order valence-electron chi connectivity index (χ3n) is 6.43. The van der Waals surface area contributed by atoms with Crippen LogP contribution in [-0.4, -0.2) is 29.3 Å². The van der Waals surface area contributed by atoms with Crippen molar-refractivity contribution in [3.05, 3.63) is 89.5 Å². The van der Waals surface area contributed by atoms with Gasteiger partial charge in [-0.25, -0.2) is 0 Å². The third kappa shape index (κ3) is 5.63. The van der Waals surface area contributed by atoms with Gasteiger partial charge >= 0.3 is 0 Å². The lowest BCUT2D eigenvalue weighted by molar-refractivity contribution is -0.130. The molecule has 3 aromatic carbocycles. The summed E-state index contributed by atoms with van der Waals surface area (Å²) in [5.74, 6) is -0.892. The molecule has 0 spiro atoms. The normalized spacial score (nSPS) is 15.7. The van der Waals surface area contributed by atoms with Crippen LogP contribution in [0.4, 0.5) is 5.69 Å². The highest BCUT2D eigenvalue weighted by atomic mass is 16.2. The van der Waals surface area contributed by atoms with E-state index in [2.05, 4.69) is 5.32 Å². The Bertz CT molecular complexity index is 1280. The minimum atomic E-state index is -1.08. The molecule has 0 saturated carbocycles. The van der Waals surface area contributed by atoms with Gasteiger partial charge in [0.15, 0.2) is 0 Å². The Hall–Kier alpha value is -3.97. The zero-order valence-corrected chi connectivity index (χ0v) is 20.7. The summed E-state index contributed by atoms with van der Waals surface area (Å²) in [6, 6.07) is 22.8. The first-order valence-corrected chi connectivity index (χ1v) is 12.1. The van der Waals surface area contributed by atoms with Crippen molar-refractivity contribution in [3.63, 3.8) is 0 Å². The second kappa shape index (κ2) is 10.3. The molecular weight excluding hydrogens is 452 g/mol. The summed E-state index contributed by atoms with van der Waals surface area (Å²) in [6.45, 7) is 3.61. The van der Waals surface area contributed by atoms with Gasteiger partial charge in [-0.05, 0) is 60.6 Å². The van der Waals surface area contributed by atoms with E-state index in [1.165, 1.54) is 0 Å². The van der Waals surface area contributed by atoms with Crippen LogP contribution in [0.15, 0.2) is 72.8 Å². The Balaban J connectivity index is 1.61. The van der Waals surface area contributed by atoms with Crippen molar-refractivity contribution in [1.82, 2.24) is 5.32 Å². The van der Waals surface area contributed by atoms with Crippen LogP contribution in [0.3, 0.4) is 0 Å². The van der Waals surface area contributed by atoms with Gasteiger partial charge in [-0.15, -0.1) is 0 Å². The van der Waals surface area contributed by atoms with Gasteiger partial charge in [0.25, 0.3) is 0 Å². The molecule has 3 aromatic rings. The molecule has 1 atom stereocenters. The van der Waals surface area contributed by atoms with Crippen molar-refractivity contribution in [2.24, 2.45) is 11.5 Å². The maximum Gasteiger partial charge on any atom is 0.249 e. The average molecular weight is 485 g/mol. The molecule has 1 aliphatic rings. The molecule has 7 heteroatoms. The van der Waals surface area contributed by atoms with Crippen LogP contribution in [0, 0.1) is 0 Å². The standard InChI is InChI=1S/C29H32N4O3/c1-29(2,31)28(36)32-24-16-15-21-7-4-6-10-25(21)33(27(24)35)18-19-11-13-20(14-12-19)23-9-5-3-8-22(23)17-26(30)34/h3-14,24H,15-18,31H2,1-2H3,(H2,30,34)(H,32,36)/t24-/m1/s1. The number of carbonyl (C=O) groups is 3. The number of nitrogens with two attached hydrogens (primary N) is 2. The summed E-state index contributed by atoms with van der Waals surface area (Å²) < 4.78 is 0. The van der Waals surface area contributed by atoms with Crippen LogP contribution >= 0.6 is 0 Å². The number of amides is 3. The minimum Gasteiger partial charge on any atom is -0.369 e. The second-order valence-electron chi connectivity index (χ2n) is 9.84. The lowest BCUT2D eigenvalue weighted by Gasteiger charge is -2.28. The number of primary amides is 1. The molecule has 0 unspecified atom stereocenters. The van der Waals surface area contributed by atoms with Crippen molar-refractivity contribution >= 4 is 23.4 Å². The summed E-state index contributed by atoms with van der Waals surface area (Å²) in [5.41, 5.74) is 15.9. The number of nitrogens with one attached hydrogen (secondary N) is 1. The van der Waals surface area contributed by atoms with Gasteiger partial charge in [0.1, 0.15) is 6.04 Å². The summed E-state index contributed by atoms with van der Waals surface area (Å²) in [6.07, 6.45) is 1.34. The van der Waals surface area contributed by atoms with Crippen LogP contribution in [-0.2, 0) is 33.8 Å². The molecule has 1 aliphatic heterocycles. The minimum absolute atomic E-state index is 0.159. The molecule has 0 bridgehead atoms. The van der Waals surface area contributed by atoms with E-state index >= 15 is 0 Å². The lowest BCUT2D eigenvalue weighted by atomic mass is 9.96. The topological polar surface area (TPSA) is 119 Å². The van der Waals surface area contributed by atoms with Crippen LogP contribution < -0.4 is 21.7 Å². The SMILES string of the molecule is CC(C)(N)C(=O)N[C@@H]1CCc2ccccc2N(Cc2ccc(-c3ccccc3CC(N)=O)cc2)C1=O. The Labute approximate surface area is 211 Å². The highest BCUT2D eigenvalue weighted by Crippen LogP contribution is 2.30. The van der Waals surface area contributed by atoms with Gasteiger partial charge in [-0.2, -0.15) is 0 Å². The van der Waals surface area contributed by atoms with Crippen LogP contribution in [0.1, 0.15) is 37.0 Å². The van der Waals surface area contributed by atoms with Crippen molar-refractivity contribution in [2.45, 2.75) is 51.2 Å². The van der Waals surface area contributed by atoms with Crippen molar-refractivity contribution in [2.75, 3.05) is 4.90 Å². The van der Waals surface area contributed by atoms with E-state index in [0.29, 0.717) is 19.4 Å². The monoisotopic (exact) mass is 484 g/mol. The molecule has 0 saturated heterocycles. The van der Waals surface area contributed by atoms with Crippen LogP contribution in [0.2, 0.25) is 0 Å². The molecular formula is C29H32N4O3.